The monoisotopic (exact) mass is 243 g/mol. The Bertz CT molecular complexity index is 617. The van der Waals surface area contributed by atoms with Crippen LogP contribution in [-0.4, -0.2) is 17.2 Å². The molecular formula is C14H17N3O. The Kier molecular flexibility index (Phi) is 3.58. The second kappa shape index (κ2) is 5.14. The predicted molar refractivity (Wildman–Crippen MR) is 72.5 cm³/mol. The lowest BCUT2D eigenvalue weighted by Crippen LogP contribution is -2.19. The second-order valence-corrected chi connectivity index (χ2v) is 4.46. The van der Waals surface area contributed by atoms with Crippen LogP contribution in [0.2, 0.25) is 0 Å². The van der Waals surface area contributed by atoms with E-state index in [4.69, 9.17) is 0 Å². The van der Waals surface area contributed by atoms with Crippen LogP contribution >= 0.6 is 0 Å². The molecule has 0 saturated carbocycles. The summed E-state index contributed by atoms with van der Waals surface area (Å²) in [4.78, 5) is 11.6. The van der Waals surface area contributed by atoms with Crippen molar-refractivity contribution in [1.29, 1.82) is 0 Å². The first-order valence-electron chi connectivity index (χ1n) is 5.92. The van der Waals surface area contributed by atoms with Crippen molar-refractivity contribution in [3.8, 4) is 11.3 Å². The molecule has 0 fully saturated rings. The minimum absolute atomic E-state index is 0.141. The number of hydrogen-bond acceptors (Lipinski definition) is 3. The van der Waals surface area contributed by atoms with E-state index in [0.717, 1.165) is 16.8 Å². The van der Waals surface area contributed by atoms with Crippen LogP contribution in [0.25, 0.3) is 11.3 Å². The number of hydrogen-bond donors (Lipinski definition) is 2. The molecule has 0 aliphatic heterocycles. The van der Waals surface area contributed by atoms with Gasteiger partial charge in [-0.3, -0.25) is 4.79 Å². The average Bonchev–Trinajstić information content (AvgIpc) is 2.33. The van der Waals surface area contributed by atoms with Crippen LogP contribution in [0.15, 0.2) is 29.1 Å². The van der Waals surface area contributed by atoms with E-state index < -0.39 is 0 Å². The van der Waals surface area contributed by atoms with Crippen molar-refractivity contribution in [3.63, 3.8) is 0 Å². The number of aromatic amines is 1. The molecule has 0 radical (unpaired) electrons. The van der Waals surface area contributed by atoms with Crippen molar-refractivity contribution in [2.24, 2.45) is 0 Å². The predicted octanol–water partition coefficient (Wildman–Crippen LogP) is 1.77. The Labute approximate surface area is 106 Å². The van der Waals surface area contributed by atoms with Gasteiger partial charge in [-0.2, -0.15) is 5.10 Å². The first-order chi connectivity index (χ1) is 8.61. The minimum atomic E-state index is -0.141. The Morgan fingerprint density at radius 2 is 2.06 bits per heavy atom. The zero-order chi connectivity index (χ0) is 13.1. The highest BCUT2D eigenvalue weighted by Gasteiger charge is 2.07. The lowest BCUT2D eigenvalue weighted by Gasteiger charge is -2.07. The largest absolute Gasteiger partial charge is 0.315 e. The molecule has 0 aliphatic rings. The third kappa shape index (κ3) is 2.49. The van der Waals surface area contributed by atoms with Gasteiger partial charge in [-0.1, -0.05) is 23.8 Å². The van der Waals surface area contributed by atoms with Crippen molar-refractivity contribution in [1.82, 2.24) is 15.5 Å². The zero-order valence-corrected chi connectivity index (χ0v) is 10.9. The molecule has 2 rings (SSSR count). The van der Waals surface area contributed by atoms with Crippen LogP contribution in [0.1, 0.15) is 16.7 Å². The summed E-state index contributed by atoms with van der Waals surface area (Å²) in [6, 6.07) is 8.04. The standard InChI is InChI=1S/C14H17N3O/c1-9-4-5-12(10(2)6-9)13-7-11(8-15-3)14(18)17-16-13/h4-7,15H,8H2,1-3H3,(H,17,18). The maximum Gasteiger partial charge on any atom is 0.268 e. The summed E-state index contributed by atoms with van der Waals surface area (Å²) < 4.78 is 0. The Balaban J connectivity index is 2.50. The van der Waals surface area contributed by atoms with Crippen molar-refractivity contribution in [2.45, 2.75) is 20.4 Å². The van der Waals surface area contributed by atoms with Crippen molar-refractivity contribution in [3.05, 3.63) is 51.3 Å². The third-order valence-corrected chi connectivity index (χ3v) is 2.91. The van der Waals surface area contributed by atoms with Gasteiger partial charge in [-0.15, -0.1) is 0 Å². The van der Waals surface area contributed by atoms with Gasteiger partial charge < -0.3 is 5.32 Å². The molecule has 0 atom stereocenters. The van der Waals surface area contributed by atoms with Gasteiger partial charge in [-0.05, 0) is 32.5 Å². The number of aryl methyl sites for hydroxylation is 2. The van der Waals surface area contributed by atoms with E-state index in [1.54, 1.807) is 0 Å². The molecule has 0 aliphatic carbocycles. The van der Waals surface area contributed by atoms with E-state index in [0.29, 0.717) is 12.1 Å². The Hall–Kier alpha value is -1.94. The fraction of sp³-hybridized carbons (Fsp3) is 0.286. The molecule has 4 nitrogen and oxygen atoms in total. The molecule has 1 heterocycles. The number of H-pyrrole nitrogens is 1. The quantitative estimate of drug-likeness (QED) is 0.863. The molecule has 0 bridgehead atoms. The summed E-state index contributed by atoms with van der Waals surface area (Å²) in [5.74, 6) is 0. The van der Waals surface area contributed by atoms with Gasteiger partial charge in [0.1, 0.15) is 0 Å². The normalized spacial score (nSPS) is 10.6. The maximum atomic E-state index is 11.6. The van der Waals surface area contributed by atoms with Crippen molar-refractivity contribution < 1.29 is 0 Å². The van der Waals surface area contributed by atoms with Gasteiger partial charge in [0, 0.05) is 17.7 Å². The molecule has 2 aromatic rings. The molecule has 1 aromatic carbocycles. The van der Waals surface area contributed by atoms with E-state index in [2.05, 4.69) is 28.5 Å². The molecule has 0 saturated heterocycles. The topological polar surface area (TPSA) is 57.8 Å². The van der Waals surface area contributed by atoms with Crippen LogP contribution < -0.4 is 10.9 Å². The summed E-state index contributed by atoms with van der Waals surface area (Å²) in [5.41, 5.74) is 4.79. The Morgan fingerprint density at radius 3 is 2.72 bits per heavy atom. The highest BCUT2D eigenvalue weighted by atomic mass is 16.1. The molecule has 0 amide bonds. The smallest absolute Gasteiger partial charge is 0.268 e. The van der Waals surface area contributed by atoms with Crippen LogP contribution in [0.3, 0.4) is 0 Å². The fourth-order valence-electron chi connectivity index (χ4n) is 2.01. The van der Waals surface area contributed by atoms with Crippen LogP contribution in [-0.2, 0) is 6.54 Å². The average molecular weight is 243 g/mol. The molecule has 0 unspecified atom stereocenters. The number of rotatable bonds is 3. The Morgan fingerprint density at radius 1 is 1.28 bits per heavy atom. The third-order valence-electron chi connectivity index (χ3n) is 2.91. The summed E-state index contributed by atoms with van der Waals surface area (Å²) in [6.45, 7) is 4.64. The summed E-state index contributed by atoms with van der Waals surface area (Å²) in [7, 11) is 1.82. The van der Waals surface area contributed by atoms with Crippen LogP contribution in [0, 0.1) is 13.8 Å². The number of aromatic nitrogens is 2. The SMILES string of the molecule is CNCc1cc(-c2ccc(C)cc2C)n[nH]c1=O. The summed E-state index contributed by atoms with van der Waals surface area (Å²) >= 11 is 0. The molecular weight excluding hydrogens is 226 g/mol. The molecule has 18 heavy (non-hydrogen) atoms. The summed E-state index contributed by atoms with van der Waals surface area (Å²) in [6.07, 6.45) is 0. The van der Waals surface area contributed by atoms with Gasteiger partial charge in [0.2, 0.25) is 0 Å². The van der Waals surface area contributed by atoms with Crippen LogP contribution in [0.4, 0.5) is 0 Å². The number of nitrogens with one attached hydrogen (secondary N) is 2. The first kappa shape index (κ1) is 12.5. The first-order valence-corrected chi connectivity index (χ1v) is 5.92. The second-order valence-electron chi connectivity index (χ2n) is 4.46. The van der Waals surface area contributed by atoms with Gasteiger partial charge >= 0.3 is 0 Å². The lowest BCUT2D eigenvalue weighted by atomic mass is 10.0. The molecule has 2 N–H and O–H groups in total. The molecule has 4 heteroatoms. The highest BCUT2D eigenvalue weighted by Crippen LogP contribution is 2.21. The minimum Gasteiger partial charge on any atom is -0.315 e. The van der Waals surface area contributed by atoms with Crippen molar-refractivity contribution >= 4 is 0 Å². The van der Waals surface area contributed by atoms with E-state index >= 15 is 0 Å². The van der Waals surface area contributed by atoms with E-state index in [9.17, 15) is 4.79 Å². The molecule has 1 aromatic heterocycles. The van der Waals surface area contributed by atoms with Gasteiger partial charge in [-0.25, -0.2) is 5.10 Å². The van der Waals surface area contributed by atoms with Crippen molar-refractivity contribution in [2.75, 3.05) is 7.05 Å². The summed E-state index contributed by atoms with van der Waals surface area (Å²) in [5, 5.41) is 9.64. The van der Waals surface area contributed by atoms with Crippen LogP contribution in [0.5, 0.6) is 0 Å². The maximum absolute atomic E-state index is 11.6. The zero-order valence-electron chi connectivity index (χ0n) is 10.9. The van der Waals surface area contributed by atoms with E-state index in [1.165, 1.54) is 5.56 Å². The fourth-order valence-corrected chi connectivity index (χ4v) is 2.01. The molecule has 94 valence electrons. The van der Waals surface area contributed by atoms with E-state index in [-0.39, 0.29) is 5.56 Å². The van der Waals surface area contributed by atoms with Gasteiger partial charge in [0.05, 0.1) is 5.69 Å². The van der Waals surface area contributed by atoms with E-state index in [1.807, 2.05) is 32.2 Å². The van der Waals surface area contributed by atoms with Gasteiger partial charge in [0.25, 0.3) is 5.56 Å². The highest BCUT2D eigenvalue weighted by molar-refractivity contribution is 5.63. The van der Waals surface area contributed by atoms with Gasteiger partial charge in [0.15, 0.2) is 0 Å². The number of nitrogens with zero attached hydrogens (tertiary/aromatic N) is 1. The lowest BCUT2D eigenvalue weighted by molar-refractivity contribution is 0.793. The molecule has 0 spiro atoms. The number of benzene rings is 1.